The predicted molar refractivity (Wildman–Crippen MR) is 214 cm³/mol. The second-order valence-corrected chi connectivity index (χ2v) is 21.6. The van der Waals surface area contributed by atoms with Crippen molar-refractivity contribution in [1.82, 2.24) is 0 Å². The molecular weight excluding hydrogens is 812 g/mol. The standard InChI is InChI=1S/C45H74O17/c1-19-9-14-44(55-18-19)22(4)45(54)29(62-44)16-27-25-8-7-23-15-24(10-12-42(23,5)26(25)11-13-43(27,45)6)58-41-38(61-40-35(52)33(50)31(48)21(3)57-40)36(53)37(28(17-46)59-41)60-39-34(51)32(49)30(47)20(2)56-39/h19-41,46-54H,7-18H2,1-6H3/t19-,20-,21-,22+,23+,24-,25+,26-,27-,28+,29-,30-,31-,32+,33+,34+,35+,36-,37+,38+,39+,40+,41+,42-,43-,44+,45+/m0/s1. The predicted octanol–water partition coefficient (Wildman–Crippen LogP) is 0.437. The summed E-state index contributed by atoms with van der Waals surface area (Å²) in [5, 5.41) is 98.8. The van der Waals surface area contributed by atoms with E-state index in [2.05, 4.69) is 27.7 Å². The Kier molecular flexibility index (Phi) is 12.6. The number of aliphatic hydroxyl groups is 9. The molecule has 27 atom stereocenters. The second-order valence-electron chi connectivity index (χ2n) is 21.6. The van der Waals surface area contributed by atoms with E-state index in [0.717, 1.165) is 51.4 Å². The monoisotopic (exact) mass is 886 g/mol. The number of aliphatic hydroxyl groups excluding tert-OH is 8. The lowest BCUT2D eigenvalue weighted by atomic mass is 9.44. The molecule has 4 saturated carbocycles. The summed E-state index contributed by atoms with van der Waals surface area (Å²) in [7, 11) is 0. The number of hydrogen-bond acceptors (Lipinski definition) is 17. The van der Waals surface area contributed by atoms with Gasteiger partial charge in [-0.05, 0) is 107 Å². The minimum atomic E-state index is -1.71. The van der Waals surface area contributed by atoms with Gasteiger partial charge < -0.3 is 83.9 Å². The van der Waals surface area contributed by atoms with E-state index in [1.54, 1.807) is 0 Å². The van der Waals surface area contributed by atoms with Gasteiger partial charge in [0.2, 0.25) is 0 Å². The zero-order chi connectivity index (χ0) is 44.4. The van der Waals surface area contributed by atoms with Gasteiger partial charge in [0.1, 0.15) is 66.6 Å². The smallest absolute Gasteiger partial charge is 0.187 e. The van der Waals surface area contributed by atoms with Crippen molar-refractivity contribution in [3.63, 3.8) is 0 Å². The van der Waals surface area contributed by atoms with E-state index in [-0.39, 0.29) is 29.0 Å². The van der Waals surface area contributed by atoms with E-state index < -0.39 is 110 Å². The van der Waals surface area contributed by atoms with Gasteiger partial charge in [-0.1, -0.05) is 27.7 Å². The largest absolute Gasteiger partial charge is 0.394 e. The van der Waals surface area contributed by atoms with Crippen molar-refractivity contribution in [3.8, 4) is 0 Å². The molecule has 0 aromatic heterocycles. The van der Waals surface area contributed by atoms with E-state index in [9.17, 15) is 46.0 Å². The molecule has 9 fully saturated rings. The van der Waals surface area contributed by atoms with Crippen LogP contribution in [0, 0.1) is 46.3 Å². The molecule has 1 spiro atoms. The van der Waals surface area contributed by atoms with E-state index in [0.29, 0.717) is 49.0 Å². The summed E-state index contributed by atoms with van der Waals surface area (Å²) < 4.78 is 50.0. The molecule has 0 aromatic rings. The third-order valence-corrected chi connectivity index (χ3v) is 18.5. The van der Waals surface area contributed by atoms with Crippen LogP contribution in [-0.2, 0) is 37.9 Å². The number of fused-ring (bicyclic) bond motifs is 7. The average Bonchev–Trinajstić information content (AvgIpc) is 3.60. The third kappa shape index (κ3) is 7.12. The molecule has 0 amide bonds. The Balaban J connectivity index is 0.905. The maximum Gasteiger partial charge on any atom is 0.187 e. The third-order valence-electron chi connectivity index (χ3n) is 18.5. The Morgan fingerprint density at radius 3 is 1.87 bits per heavy atom. The first kappa shape index (κ1) is 46.4. The highest BCUT2D eigenvalue weighted by Crippen LogP contribution is 2.72. The normalized spacial score (nSPS) is 60.1. The minimum absolute atomic E-state index is 0.0272. The molecule has 9 aliphatic rings. The van der Waals surface area contributed by atoms with Crippen LogP contribution in [0.25, 0.3) is 0 Å². The Morgan fingerprint density at radius 1 is 0.613 bits per heavy atom. The van der Waals surface area contributed by atoms with E-state index in [1.165, 1.54) is 13.8 Å². The molecule has 4 aliphatic carbocycles. The fraction of sp³-hybridized carbons (Fsp3) is 1.00. The molecule has 17 nitrogen and oxygen atoms in total. The van der Waals surface area contributed by atoms with Crippen molar-refractivity contribution in [2.24, 2.45) is 46.3 Å². The quantitative estimate of drug-likeness (QED) is 0.157. The SMILES string of the molecule is C[C@H]1CC[C@@]2(OC1)O[C@H]1C[C@H]3[C@@H]4CC[C@@H]5C[C@@H](O[C@@H]6O[C@H](CO)[C@@H](O[C@H]7O[C@@H](C)[C@H](O)[C@@H](O)[C@H]7O)[C@H](O)[C@H]6O[C@H]6O[C@@H](C)[C@H](O)[C@@H](O)[C@H]6O)CC[C@]5(C)[C@H]4CC[C@]3(C)[C@@]1(O)[C@@H]2C. The molecule has 62 heavy (non-hydrogen) atoms. The molecule has 0 aromatic carbocycles. The Bertz CT molecular complexity index is 1580. The van der Waals surface area contributed by atoms with Crippen molar-refractivity contribution in [1.29, 1.82) is 0 Å². The molecule has 17 heteroatoms. The van der Waals surface area contributed by atoms with Gasteiger partial charge in [0.25, 0.3) is 0 Å². The van der Waals surface area contributed by atoms with Crippen LogP contribution in [-0.4, -0.2) is 175 Å². The summed E-state index contributed by atoms with van der Waals surface area (Å²) in [5.41, 5.74) is -1.20. The summed E-state index contributed by atoms with van der Waals surface area (Å²) in [6.45, 7) is 12.1. The van der Waals surface area contributed by atoms with Crippen molar-refractivity contribution < 1.29 is 83.9 Å². The molecule has 5 aliphatic heterocycles. The van der Waals surface area contributed by atoms with Gasteiger partial charge in [-0.2, -0.15) is 0 Å². The lowest BCUT2D eigenvalue weighted by Crippen LogP contribution is -2.66. The molecule has 356 valence electrons. The van der Waals surface area contributed by atoms with E-state index in [4.69, 9.17) is 37.9 Å². The van der Waals surface area contributed by atoms with Crippen LogP contribution in [0.15, 0.2) is 0 Å². The summed E-state index contributed by atoms with van der Waals surface area (Å²) in [6.07, 6.45) is -13.2. The van der Waals surface area contributed by atoms with Crippen LogP contribution < -0.4 is 0 Å². The Hall–Kier alpha value is -0.680. The number of ether oxygens (including phenoxy) is 8. The fourth-order valence-electron chi connectivity index (χ4n) is 14.5. The average molecular weight is 887 g/mol. The molecule has 5 heterocycles. The minimum Gasteiger partial charge on any atom is -0.394 e. The van der Waals surface area contributed by atoms with E-state index in [1.807, 2.05) is 0 Å². The highest BCUT2D eigenvalue weighted by Gasteiger charge is 2.76. The Labute approximate surface area is 364 Å². The van der Waals surface area contributed by atoms with Gasteiger partial charge in [-0.3, -0.25) is 0 Å². The molecule has 0 unspecified atom stereocenters. The van der Waals surface area contributed by atoms with Gasteiger partial charge in [0, 0.05) is 17.8 Å². The number of rotatable bonds is 7. The summed E-state index contributed by atoms with van der Waals surface area (Å²) >= 11 is 0. The summed E-state index contributed by atoms with van der Waals surface area (Å²) in [4.78, 5) is 0. The van der Waals surface area contributed by atoms with Crippen molar-refractivity contribution in [2.75, 3.05) is 13.2 Å². The molecule has 5 saturated heterocycles. The summed E-state index contributed by atoms with van der Waals surface area (Å²) in [5.74, 6) is 1.23. The van der Waals surface area contributed by atoms with Crippen LogP contribution in [0.1, 0.15) is 106 Å². The topological polar surface area (TPSA) is 256 Å². The van der Waals surface area contributed by atoms with Gasteiger partial charge in [-0.25, -0.2) is 0 Å². The highest BCUT2D eigenvalue weighted by atomic mass is 16.8. The molecule has 9 N–H and O–H groups in total. The first-order valence-electron chi connectivity index (χ1n) is 23.6. The maximum atomic E-state index is 12.8. The van der Waals surface area contributed by atoms with Crippen LogP contribution in [0.5, 0.6) is 0 Å². The van der Waals surface area contributed by atoms with Crippen molar-refractivity contribution >= 4 is 0 Å². The molecule has 0 bridgehead atoms. The zero-order valence-corrected chi connectivity index (χ0v) is 37.1. The van der Waals surface area contributed by atoms with Gasteiger partial charge in [0.05, 0.1) is 37.6 Å². The van der Waals surface area contributed by atoms with Crippen LogP contribution in [0.2, 0.25) is 0 Å². The Morgan fingerprint density at radius 2 is 1.26 bits per heavy atom. The first-order chi connectivity index (χ1) is 29.3. The van der Waals surface area contributed by atoms with Crippen LogP contribution in [0.4, 0.5) is 0 Å². The lowest BCUT2D eigenvalue weighted by Gasteiger charge is -2.62. The fourth-order valence-corrected chi connectivity index (χ4v) is 14.5. The van der Waals surface area contributed by atoms with Crippen LogP contribution >= 0.6 is 0 Å². The highest BCUT2D eigenvalue weighted by molar-refractivity contribution is 5.23. The molecule has 0 radical (unpaired) electrons. The number of hydrogen-bond donors (Lipinski definition) is 9. The first-order valence-corrected chi connectivity index (χ1v) is 23.6. The van der Waals surface area contributed by atoms with E-state index >= 15 is 0 Å². The van der Waals surface area contributed by atoms with Gasteiger partial charge in [0.15, 0.2) is 24.7 Å². The van der Waals surface area contributed by atoms with Gasteiger partial charge >= 0.3 is 0 Å². The maximum absolute atomic E-state index is 12.8. The zero-order valence-electron chi connectivity index (χ0n) is 37.1. The lowest BCUT2D eigenvalue weighted by molar-refractivity contribution is -0.389. The van der Waals surface area contributed by atoms with Crippen molar-refractivity contribution in [2.45, 2.75) is 221 Å². The van der Waals surface area contributed by atoms with Crippen molar-refractivity contribution in [3.05, 3.63) is 0 Å². The second kappa shape index (κ2) is 16.8. The molecule has 9 rings (SSSR count). The molecular formula is C45H74O17. The summed E-state index contributed by atoms with van der Waals surface area (Å²) in [6, 6.07) is 0. The van der Waals surface area contributed by atoms with Crippen LogP contribution in [0.3, 0.4) is 0 Å². The van der Waals surface area contributed by atoms with Gasteiger partial charge in [-0.15, -0.1) is 0 Å².